The zero-order chi connectivity index (χ0) is 13.7. The third kappa shape index (κ3) is 3.72. The van der Waals surface area contributed by atoms with Crippen LogP contribution >= 0.6 is 11.6 Å². The van der Waals surface area contributed by atoms with Gasteiger partial charge in [-0.3, -0.25) is 0 Å². The lowest BCUT2D eigenvalue weighted by Crippen LogP contribution is -2.02. The highest BCUT2D eigenvalue weighted by atomic mass is 35.5. The third-order valence-electron chi connectivity index (χ3n) is 2.99. The van der Waals surface area contributed by atoms with Crippen molar-refractivity contribution in [2.45, 2.75) is 19.8 Å². The van der Waals surface area contributed by atoms with E-state index in [2.05, 4.69) is 6.92 Å². The zero-order valence-electron chi connectivity index (χ0n) is 11.0. The molecule has 2 nitrogen and oxygen atoms in total. The van der Waals surface area contributed by atoms with Crippen molar-refractivity contribution in [2.75, 3.05) is 6.54 Å². The van der Waals surface area contributed by atoms with E-state index in [0.717, 1.165) is 34.9 Å². The van der Waals surface area contributed by atoms with Crippen LogP contribution in [0.1, 0.15) is 18.1 Å². The van der Waals surface area contributed by atoms with Crippen molar-refractivity contribution in [2.24, 2.45) is 5.73 Å². The van der Waals surface area contributed by atoms with E-state index >= 15 is 0 Å². The van der Waals surface area contributed by atoms with Crippen LogP contribution in [0.5, 0.6) is 11.5 Å². The molecule has 2 aromatic carbocycles. The second-order valence-corrected chi connectivity index (χ2v) is 4.80. The van der Waals surface area contributed by atoms with Crippen LogP contribution in [-0.2, 0) is 12.8 Å². The summed E-state index contributed by atoms with van der Waals surface area (Å²) in [6.45, 7) is 2.74. The Labute approximate surface area is 119 Å². The standard InChI is InChI=1S/C16H18ClNO/c1-2-13-11-15(7-8-16(13)17)19-14-5-3-12(4-6-14)9-10-18/h3-8,11H,2,9-10,18H2,1H3. The van der Waals surface area contributed by atoms with Crippen LogP contribution < -0.4 is 10.5 Å². The molecule has 0 amide bonds. The van der Waals surface area contributed by atoms with Crippen molar-refractivity contribution < 1.29 is 4.74 Å². The molecular weight excluding hydrogens is 258 g/mol. The predicted octanol–water partition coefficient (Wildman–Crippen LogP) is 4.20. The summed E-state index contributed by atoms with van der Waals surface area (Å²) in [4.78, 5) is 0. The Hall–Kier alpha value is -1.51. The molecule has 0 fully saturated rings. The lowest BCUT2D eigenvalue weighted by Gasteiger charge is -2.09. The van der Waals surface area contributed by atoms with Crippen molar-refractivity contribution in [3.05, 3.63) is 58.6 Å². The highest BCUT2D eigenvalue weighted by molar-refractivity contribution is 6.31. The van der Waals surface area contributed by atoms with Crippen LogP contribution in [0.25, 0.3) is 0 Å². The Morgan fingerprint density at radius 1 is 1.05 bits per heavy atom. The van der Waals surface area contributed by atoms with Gasteiger partial charge in [0.25, 0.3) is 0 Å². The van der Waals surface area contributed by atoms with Gasteiger partial charge in [-0.25, -0.2) is 0 Å². The highest BCUT2D eigenvalue weighted by Gasteiger charge is 2.02. The number of hydrogen-bond acceptors (Lipinski definition) is 2. The van der Waals surface area contributed by atoms with Crippen molar-refractivity contribution in [1.82, 2.24) is 0 Å². The molecule has 0 unspecified atom stereocenters. The molecule has 0 aliphatic rings. The third-order valence-corrected chi connectivity index (χ3v) is 3.36. The number of hydrogen-bond donors (Lipinski definition) is 1. The summed E-state index contributed by atoms with van der Waals surface area (Å²) in [5.74, 6) is 1.64. The van der Waals surface area contributed by atoms with Gasteiger partial charge in [0.1, 0.15) is 11.5 Å². The minimum atomic E-state index is 0.664. The van der Waals surface area contributed by atoms with Gasteiger partial charge in [0.15, 0.2) is 0 Å². The van der Waals surface area contributed by atoms with Crippen LogP contribution in [0.4, 0.5) is 0 Å². The van der Waals surface area contributed by atoms with E-state index in [1.54, 1.807) is 0 Å². The average molecular weight is 276 g/mol. The van der Waals surface area contributed by atoms with Crippen molar-refractivity contribution in [1.29, 1.82) is 0 Å². The second-order valence-electron chi connectivity index (χ2n) is 4.39. The largest absolute Gasteiger partial charge is 0.457 e. The molecule has 0 spiro atoms. The Balaban J connectivity index is 2.12. The van der Waals surface area contributed by atoms with E-state index in [4.69, 9.17) is 22.1 Å². The first-order valence-electron chi connectivity index (χ1n) is 6.48. The SMILES string of the molecule is CCc1cc(Oc2ccc(CCN)cc2)ccc1Cl. The van der Waals surface area contributed by atoms with Crippen molar-refractivity contribution >= 4 is 11.6 Å². The number of nitrogens with two attached hydrogens (primary N) is 1. The molecule has 0 aliphatic carbocycles. The van der Waals surface area contributed by atoms with Crippen LogP contribution in [0, 0.1) is 0 Å². The topological polar surface area (TPSA) is 35.2 Å². The lowest BCUT2D eigenvalue weighted by atomic mass is 10.1. The summed E-state index contributed by atoms with van der Waals surface area (Å²) in [7, 11) is 0. The van der Waals surface area contributed by atoms with Gasteiger partial charge >= 0.3 is 0 Å². The summed E-state index contributed by atoms with van der Waals surface area (Å²) in [5, 5.41) is 0.785. The first kappa shape index (κ1) is 13.9. The fourth-order valence-corrected chi connectivity index (χ4v) is 2.16. The molecule has 0 bridgehead atoms. The van der Waals surface area contributed by atoms with Crippen LogP contribution in [0.3, 0.4) is 0 Å². The molecular formula is C16H18ClNO. The fraction of sp³-hybridized carbons (Fsp3) is 0.250. The van der Waals surface area contributed by atoms with E-state index < -0.39 is 0 Å². The number of benzene rings is 2. The van der Waals surface area contributed by atoms with E-state index in [-0.39, 0.29) is 0 Å². The smallest absolute Gasteiger partial charge is 0.127 e. The van der Waals surface area contributed by atoms with Crippen LogP contribution in [-0.4, -0.2) is 6.54 Å². The molecule has 2 N–H and O–H groups in total. The minimum absolute atomic E-state index is 0.664. The van der Waals surface area contributed by atoms with Gasteiger partial charge in [-0.05, 0) is 60.8 Å². The molecule has 3 heteroatoms. The summed E-state index contributed by atoms with van der Waals surface area (Å²) in [5.41, 5.74) is 7.84. The Morgan fingerprint density at radius 2 is 1.74 bits per heavy atom. The number of aryl methyl sites for hydroxylation is 1. The first-order valence-corrected chi connectivity index (χ1v) is 6.86. The fourth-order valence-electron chi connectivity index (χ4n) is 1.91. The number of halogens is 1. The molecule has 100 valence electrons. The van der Waals surface area contributed by atoms with Gasteiger partial charge < -0.3 is 10.5 Å². The first-order chi connectivity index (χ1) is 9.22. The molecule has 0 heterocycles. The maximum Gasteiger partial charge on any atom is 0.127 e. The lowest BCUT2D eigenvalue weighted by molar-refractivity contribution is 0.482. The van der Waals surface area contributed by atoms with E-state index in [1.165, 1.54) is 5.56 Å². The van der Waals surface area contributed by atoms with Crippen molar-refractivity contribution in [3.63, 3.8) is 0 Å². The van der Waals surface area contributed by atoms with Gasteiger partial charge in [-0.2, -0.15) is 0 Å². The zero-order valence-corrected chi connectivity index (χ0v) is 11.8. The van der Waals surface area contributed by atoms with Crippen LogP contribution in [0.15, 0.2) is 42.5 Å². The molecule has 2 aromatic rings. The minimum Gasteiger partial charge on any atom is -0.457 e. The molecule has 0 atom stereocenters. The molecule has 0 saturated carbocycles. The molecule has 0 radical (unpaired) electrons. The Morgan fingerprint density at radius 3 is 2.37 bits per heavy atom. The van der Waals surface area contributed by atoms with Gasteiger partial charge in [0.05, 0.1) is 0 Å². The molecule has 0 saturated heterocycles. The van der Waals surface area contributed by atoms with Crippen molar-refractivity contribution in [3.8, 4) is 11.5 Å². The van der Waals surface area contributed by atoms with Gasteiger partial charge in [-0.1, -0.05) is 30.7 Å². The average Bonchev–Trinajstić information content (AvgIpc) is 2.43. The maximum atomic E-state index is 6.09. The van der Waals surface area contributed by atoms with E-state index in [0.29, 0.717) is 6.54 Å². The summed E-state index contributed by atoms with van der Waals surface area (Å²) < 4.78 is 5.82. The predicted molar refractivity (Wildman–Crippen MR) is 80.1 cm³/mol. The summed E-state index contributed by atoms with van der Waals surface area (Å²) in [6, 6.07) is 13.7. The Bertz CT molecular complexity index is 537. The summed E-state index contributed by atoms with van der Waals surface area (Å²) in [6.07, 6.45) is 1.78. The molecule has 2 rings (SSSR count). The van der Waals surface area contributed by atoms with E-state index in [9.17, 15) is 0 Å². The number of ether oxygens (including phenoxy) is 1. The number of rotatable bonds is 5. The van der Waals surface area contributed by atoms with Gasteiger partial charge in [-0.15, -0.1) is 0 Å². The molecule has 19 heavy (non-hydrogen) atoms. The Kier molecular flexibility index (Phi) is 4.83. The van der Waals surface area contributed by atoms with Gasteiger partial charge in [0, 0.05) is 5.02 Å². The quantitative estimate of drug-likeness (QED) is 0.888. The maximum absolute atomic E-state index is 6.09. The van der Waals surface area contributed by atoms with Gasteiger partial charge in [0.2, 0.25) is 0 Å². The normalized spacial score (nSPS) is 10.5. The molecule has 0 aromatic heterocycles. The second kappa shape index (κ2) is 6.60. The summed E-state index contributed by atoms with van der Waals surface area (Å²) >= 11 is 6.09. The highest BCUT2D eigenvalue weighted by Crippen LogP contribution is 2.26. The van der Waals surface area contributed by atoms with Crippen LogP contribution in [0.2, 0.25) is 5.02 Å². The van der Waals surface area contributed by atoms with E-state index in [1.807, 2.05) is 42.5 Å². The monoisotopic (exact) mass is 275 g/mol. The molecule has 0 aliphatic heterocycles.